The van der Waals surface area contributed by atoms with Gasteiger partial charge in [-0.05, 0) is 43.7 Å². The molecule has 0 atom stereocenters. The lowest BCUT2D eigenvalue weighted by molar-refractivity contribution is 0.600. The number of pyridine rings is 1. The van der Waals surface area contributed by atoms with E-state index in [1.165, 1.54) is 18.3 Å². The summed E-state index contributed by atoms with van der Waals surface area (Å²) >= 11 is 0. The summed E-state index contributed by atoms with van der Waals surface area (Å²) in [6.45, 7) is 3.76. The Hall–Kier alpha value is -2.94. The van der Waals surface area contributed by atoms with Crippen molar-refractivity contribution in [2.45, 2.75) is 25.3 Å². The van der Waals surface area contributed by atoms with Gasteiger partial charge < -0.3 is 5.32 Å². The molecule has 26 heavy (non-hydrogen) atoms. The Morgan fingerprint density at radius 2 is 1.85 bits per heavy atom. The number of sulfonamides is 1. The van der Waals surface area contributed by atoms with Crippen molar-refractivity contribution >= 4 is 21.5 Å². The number of aryl methyl sites for hydroxylation is 2. The third-order valence-electron chi connectivity index (χ3n) is 3.74. The third-order valence-corrected chi connectivity index (χ3v) is 5.36. The quantitative estimate of drug-likeness (QED) is 0.615. The maximum absolute atomic E-state index is 12.9. The number of H-pyrrole nitrogens is 1. The highest BCUT2D eigenvalue weighted by atomic mass is 32.2. The molecule has 7 nitrogen and oxygen atoms in total. The molecule has 0 bridgehead atoms. The second-order valence-corrected chi connectivity index (χ2v) is 7.40. The molecular weight excluding hydrogens is 357 g/mol. The average molecular weight is 375 g/mol. The molecule has 0 unspecified atom stereocenters. The Bertz CT molecular complexity index is 979. The molecule has 0 saturated carbocycles. The molecule has 3 N–H and O–H groups in total. The number of nitrogens with one attached hydrogen (secondary N) is 3. The van der Waals surface area contributed by atoms with Crippen LogP contribution in [0.5, 0.6) is 0 Å². The fourth-order valence-electron chi connectivity index (χ4n) is 2.49. The maximum Gasteiger partial charge on any atom is 0.266 e. The highest BCUT2D eigenvalue weighted by Gasteiger charge is 2.22. The number of anilines is 2. The SMILES string of the molecule is Cc1n[nH]c(C)c1S(=O)(=O)Nc1ccc(NCc2ccc(F)cc2)cn1. The molecule has 0 aliphatic heterocycles. The molecule has 2 aromatic heterocycles. The molecule has 0 spiro atoms. The number of aromatic nitrogens is 3. The van der Waals surface area contributed by atoms with Crippen molar-refractivity contribution in [3.8, 4) is 0 Å². The van der Waals surface area contributed by atoms with Gasteiger partial charge in [0.25, 0.3) is 10.0 Å². The molecule has 0 amide bonds. The van der Waals surface area contributed by atoms with Crippen LogP contribution in [0.3, 0.4) is 0 Å². The predicted octanol–water partition coefficient (Wildman–Crippen LogP) is 2.97. The Kier molecular flexibility index (Phi) is 4.90. The molecule has 1 aromatic carbocycles. The Morgan fingerprint density at radius 3 is 2.42 bits per heavy atom. The zero-order valence-corrected chi connectivity index (χ0v) is 15.1. The molecule has 2 heterocycles. The summed E-state index contributed by atoms with van der Waals surface area (Å²) in [6, 6.07) is 9.44. The first kappa shape index (κ1) is 17.9. The molecule has 0 saturated heterocycles. The molecule has 9 heteroatoms. The summed E-state index contributed by atoms with van der Waals surface area (Å²) in [5.41, 5.74) is 2.50. The number of aromatic amines is 1. The van der Waals surface area contributed by atoms with Gasteiger partial charge in [0.1, 0.15) is 16.5 Å². The van der Waals surface area contributed by atoms with Crippen molar-refractivity contribution < 1.29 is 12.8 Å². The van der Waals surface area contributed by atoms with E-state index in [0.717, 1.165) is 5.56 Å². The van der Waals surface area contributed by atoms with Crippen LogP contribution in [0.2, 0.25) is 0 Å². The van der Waals surface area contributed by atoms with Gasteiger partial charge in [-0.25, -0.2) is 17.8 Å². The summed E-state index contributed by atoms with van der Waals surface area (Å²) in [4.78, 5) is 4.24. The highest BCUT2D eigenvalue weighted by molar-refractivity contribution is 7.92. The average Bonchev–Trinajstić information content (AvgIpc) is 2.95. The van der Waals surface area contributed by atoms with Crippen LogP contribution in [0.1, 0.15) is 17.0 Å². The molecule has 0 radical (unpaired) electrons. The van der Waals surface area contributed by atoms with Gasteiger partial charge in [-0.2, -0.15) is 5.10 Å². The van der Waals surface area contributed by atoms with Crippen LogP contribution in [0.25, 0.3) is 0 Å². The van der Waals surface area contributed by atoms with Gasteiger partial charge in [0, 0.05) is 6.54 Å². The molecule has 0 aliphatic rings. The second kappa shape index (κ2) is 7.12. The van der Waals surface area contributed by atoms with E-state index in [9.17, 15) is 12.8 Å². The number of hydrogen-bond acceptors (Lipinski definition) is 5. The lowest BCUT2D eigenvalue weighted by atomic mass is 10.2. The zero-order chi connectivity index (χ0) is 18.7. The summed E-state index contributed by atoms with van der Waals surface area (Å²) < 4.78 is 40.3. The number of hydrogen-bond donors (Lipinski definition) is 3. The van der Waals surface area contributed by atoms with Crippen LogP contribution in [0.15, 0.2) is 47.5 Å². The Balaban J connectivity index is 1.67. The minimum absolute atomic E-state index is 0.123. The summed E-state index contributed by atoms with van der Waals surface area (Å²) in [5.74, 6) is -0.0764. The van der Waals surface area contributed by atoms with Gasteiger partial charge in [-0.3, -0.25) is 9.82 Å². The molecule has 0 aliphatic carbocycles. The predicted molar refractivity (Wildman–Crippen MR) is 96.8 cm³/mol. The minimum Gasteiger partial charge on any atom is -0.380 e. The van der Waals surface area contributed by atoms with Crippen molar-refractivity contribution in [2.75, 3.05) is 10.0 Å². The second-order valence-electron chi connectivity index (χ2n) is 5.78. The molecule has 3 aromatic rings. The lowest BCUT2D eigenvalue weighted by Crippen LogP contribution is -2.15. The van der Waals surface area contributed by atoms with Gasteiger partial charge in [-0.1, -0.05) is 12.1 Å². The van der Waals surface area contributed by atoms with Gasteiger partial charge in [0.2, 0.25) is 0 Å². The van der Waals surface area contributed by atoms with Crippen molar-refractivity contribution in [1.29, 1.82) is 0 Å². The standard InChI is InChI=1S/C17H18FN5O2S/c1-11-17(12(2)22-21-11)26(24,25)23-16-8-7-15(10-20-16)19-9-13-3-5-14(18)6-4-13/h3-8,10,19H,9H2,1-2H3,(H,20,23)(H,21,22). The fraction of sp³-hybridized carbons (Fsp3) is 0.176. The summed E-state index contributed by atoms with van der Waals surface area (Å²) in [5, 5.41) is 9.69. The van der Waals surface area contributed by atoms with Crippen LogP contribution < -0.4 is 10.0 Å². The lowest BCUT2D eigenvalue weighted by Gasteiger charge is -2.09. The maximum atomic E-state index is 12.9. The largest absolute Gasteiger partial charge is 0.380 e. The summed E-state index contributed by atoms with van der Waals surface area (Å²) in [6.07, 6.45) is 1.52. The summed E-state index contributed by atoms with van der Waals surface area (Å²) in [7, 11) is -3.77. The minimum atomic E-state index is -3.77. The first-order valence-corrected chi connectivity index (χ1v) is 9.32. The van der Waals surface area contributed by atoms with Crippen LogP contribution in [0, 0.1) is 19.7 Å². The monoisotopic (exact) mass is 375 g/mol. The van der Waals surface area contributed by atoms with Gasteiger partial charge >= 0.3 is 0 Å². The van der Waals surface area contributed by atoms with E-state index < -0.39 is 10.0 Å². The molecular formula is C17H18FN5O2S. The van der Waals surface area contributed by atoms with Crippen LogP contribution in [-0.4, -0.2) is 23.6 Å². The van der Waals surface area contributed by atoms with Gasteiger partial charge in [0.15, 0.2) is 0 Å². The van der Waals surface area contributed by atoms with Gasteiger partial charge in [0.05, 0.1) is 23.3 Å². The number of halogens is 1. The van der Waals surface area contributed by atoms with Crippen molar-refractivity contribution in [3.05, 3.63) is 65.4 Å². The van der Waals surface area contributed by atoms with E-state index in [0.29, 0.717) is 23.6 Å². The highest BCUT2D eigenvalue weighted by Crippen LogP contribution is 2.20. The smallest absolute Gasteiger partial charge is 0.266 e. The fourth-order valence-corrected chi connectivity index (χ4v) is 3.87. The normalized spacial score (nSPS) is 11.3. The number of rotatable bonds is 6. The number of benzene rings is 1. The van der Waals surface area contributed by atoms with E-state index in [2.05, 4.69) is 25.2 Å². The number of nitrogens with zero attached hydrogens (tertiary/aromatic N) is 2. The van der Waals surface area contributed by atoms with Crippen molar-refractivity contribution in [2.24, 2.45) is 0 Å². The third kappa shape index (κ3) is 3.99. The first-order valence-electron chi connectivity index (χ1n) is 7.84. The Labute approximate surface area is 150 Å². The van der Waals surface area contributed by atoms with Crippen molar-refractivity contribution in [1.82, 2.24) is 15.2 Å². The molecule has 0 fully saturated rings. The molecule has 136 valence electrons. The van der Waals surface area contributed by atoms with Crippen LogP contribution in [0.4, 0.5) is 15.9 Å². The van der Waals surface area contributed by atoms with Crippen molar-refractivity contribution in [3.63, 3.8) is 0 Å². The van der Waals surface area contributed by atoms with E-state index in [4.69, 9.17) is 0 Å². The van der Waals surface area contributed by atoms with E-state index in [-0.39, 0.29) is 16.5 Å². The topological polar surface area (TPSA) is 99.8 Å². The van der Waals surface area contributed by atoms with Crippen LogP contribution in [-0.2, 0) is 16.6 Å². The molecule has 3 rings (SSSR count). The van der Waals surface area contributed by atoms with E-state index in [1.54, 1.807) is 38.1 Å². The zero-order valence-electron chi connectivity index (χ0n) is 14.2. The van der Waals surface area contributed by atoms with E-state index >= 15 is 0 Å². The Morgan fingerprint density at radius 1 is 1.12 bits per heavy atom. The van der Waals surface area contributed by atoms with Gasteiger partial charge in [-0.15, -0.1) is 0 Å². The van der Waals surface area contributed by atoms with Crippen LogP contribution >= 0.6 is 0 Å². The first-order chi connectivity index (χ1) is 12.3. The van der Waals surface area contributed by atoms with E-state index in [1.807, 2.05) is 0 Å².